The number of aryl methyl sites for hydroxylation is 2. The van der Waals surface area contributed by atoms with Gasteiger partial charge in [-0.1, -0.05) is 38.1 Å². The van der Waals surface area contributed by atoms with Crippen LogP contribution in [0.15, 0.2) is 36.4 Å². The van der Waals surface area contributed by atoms with Crippen LogP contribution in [0.25, 0.3) is 0 Å². The third-order valence-corrected chi connectivity index (χ3v) is 4.38. The van der Waals surface area contributed by atoms with E-state index in [-0.39, 0.29) is 6.09 Å². The van der Waals surface area contributed by atoms with Crippen LogP contribution in [0.5, 0.6) is 5.75 Å². The summed E-state index contributed by atoms with van der Waals surface area (Å²) in [7, 11) is 3.35. The van der Waals surface area contributed by atoms with Crippen molar-refractivity contribution in [1.29, 1.82) is 0 Å². The molecule has 0 aliphatic rings. The van der Waals surface area contributed by atoms with Gasteiger partial charge in [0.2, 0.25) is 0 Å². The minimum absolute atomic E-state index is 0.361. The second-order valence-electron chi connectivity index (χ2n) is 7.66. The Morgan fingerprint density at radius 1 is 0.818 bits per heavy atom. The molecule has 0 aromatic heterocycles. The Balaban J connectivity index is -0.000000532. The van der Waals surface area contributed by atoms with Crippen molar-refractivity contribution in [1.82, 2.24) is 0 Å². The zero-order valence-electron chi connectivity index (χ0n) is 22.4. The van der Waals surface area contributed by atoms with Crippen molar-refractivity contribution in [3.05, 3.63) is 58.7 Å². The molecule has 0 spiro atoms. The van der Waals surface area contributed by atoms with Gasteiger partial charge in [-0.25, -0.2) is 4.79 Å². The van der Waals surface area contributed by atoms with E-state index in [1.807, 2.05) is 74.2 Å². The van der Waals surface area contributed by atoms with Gasteiger partial charge < -0.3 is 19.1 Å². The minimum atomic E-state index is -0.499. The number of ether oxygens (including phenoxy) is 2. The standard InChI is InChI=1S/C15H23NO3.C8H10.C2H6.2CH2O/c1-10-11(2)13(18-7)9-8-12(10)16(6)14(17)19-15(3,4)5;1-7-5-3-4-6-8(7)2;3*1-2/h8-9H,1-7H3;3-6H,1-2H3;1-2H3;2*1H2. The molecule has 0 radical (unpaired) electrons. The number of hydrogen-bond acceptors (Lipinski definition) is 5. The van der Waals surface area contributed by atoms with Crippen LogP contribution < -0.4 is 9.64 Å². The van der Waals surface area contributed by atoms with Crippen LogP contribution in [0.2, 0.25) is 0 Å². The van der Waals surface area contributed by atoms with Crippen molar-refractivity contribution in [2.45, 2.75) is 67.9 Å². The van der Waals surface area contributed by atoms with E-state index in [0.29, 0.717) is 0 Å². The van der Waals surface area contributed by atoms with E-state index in [9.17, 15) is 4.79 Å². The first-order valence-electron chi connectivity index (χ1n) is 10.7. The lowest BCUT2D eigenvalue weighted by molar-refractivity contribution is -0.0987. The highest BCUT2D eigenvalue weighted by atomic mass is 16.6. The molecule has 0 unspecified atom stereocenters. The van der Waals surface area contributed by atoms with E-state index in [0.717, 1.165) is 22.6 Å². The first-order valence-corrected chi connectivity index (χ1v) is 10.7. The summed E-state index contributed by atoms with van der Waals surface area (Å²) in [5, 5.41) is 0. The molecule has 0 aliphatic carbocycles. The molecule has 0 heterocycles. The Kier molecular flexibility index (Phi) is 19.2. The molecular formula is C27H43NO5. The Hall–Kier alpha value is -3.15. The Labute approximate surface area is 200 Å². The molecule has 1 amide bonds. The Morgan fingerprint density at radius 2 is 1.24 bits per heavy atom. The van der Waals surface area contributed by atoms with Gasteiger partial charge >= 0.3 is 6.09 Å². The van der Waals surface area contributed by atoms with Crippen LogP contribution in [0.3, 0.4) is 0 Å². The maximum Gasteiger partial charge on any atom is 0.414 e. The number of rotatable bonds is 2. The van der Waals surface area contributed by atoms with Gasteiger partial charge in [0.25, 0.3) is 0 Å². The van der Waals surface area contributed by atoms with Crippen molar-refractivity contribution in [2.75, 3.05) is 19.1 Å². The number of nitrogens with zero attached hydrogens (tertiary/aromatic N) is 1. The molecule has 0 atom stereocenters. The van der Waals surface area contributed by atoms with Crippen molar-refractivity contribution in [2.24, 2.45) is 0 Å². The van der Waals surface area contributed by atoms with E-state index >= 15 is 0 Å². The monoisotopic (exact) mass is 461 g/mol. The van der Waals surface area contributed by atoms with Gasteiger partial charge in [0, 0.05) is 7.05 Å². The zero-order valence-corrected chi connectivity index (χ0v) is 22.4. The Bertz CT molecular complexity index is 790. The van der Waals surface area contributed by atoms with Crippen LogP contribution in [0, 0.1) is 27.7 Å². The number of carbonyl (C=O) groups excluding carboxylic acids is 3. The fraction of sp³-hybridized carbons (Fsp3) is 0.444. The lowest BCUT2D eigenvalue weighted by atomic mass is 10.1. The van der Waals surface area contributed by atoms with Gasteiger partial charge in [0.1, 0.15) is 24.9 Å². The molecule has 6 nitrogen and oxygen atoms in total. The molecule has 0 saturated carbocycles. The minimum Gasteiger partial charge on any atom is -0.496 e. The van der Waals surface area contributed by atoms with Gasteiger partial charge in [-0.15, -0.1) is 0 Å². The van der Waals surface area contributed by atoms with E-state index in [1.165, 1.54) is 16.0 Å². The number of amides is 1. The van der Waals surface area contributed by atoms with E-state index < -0.39 is 5.60 Å². The van der Waals surface area contributed by atoms with Gasteiger partial charge in [0.15, 0.2) is 0 Å². The fourth-order valence-corrected chi connectivity index (χ4v) is 2.46. The predicted octanol–water partition coefficient (Wildman–Crippen LogP) is 6.64. The highest BCUT2D eigenvalue weighted by Crippen LogP contribution is 2.30. The molecule has 0 aliphatic heterocycles. The lowest BCUT2D eigenvalue weighted by Crippen LogP contribution is -2.34. The number of carbonyl (C=O) groups is 3. The molecule has 2 rings (SSSR count). The number of benzene rings is 2. The second-order valence-corrected chi connectivity index (χ2v) is 7.66. The lowest BCUT2D eigenvalue weighted by Gasteiger charge is -2.26. The average molecular weight is 462 g/mol. The molecule has 186 valence electrons. The molecule has 33 heavy (non-hydrogen) atoms. The van der Waals surface area contributed by atoms with Gasteiger partial charge in [-0.2, -0.15) is 0 Å². The van der Waals surface area contributed by atoms with Crippen molar-refractivity contribution in [3.8, 4) is 5.75 Å². The van der Waals surface area contributed by atoms with Crippen LogP contribution >= 0.6 is 0 Å². The highest BCUT2D eigenvalue weighted by molar-refractivity contribution is 5.88. The molecule has 6 heteroatoms. The molecule has 2 aromatic carbocycles. The molecule has 2 aromatic rings. The number of hydrogen-bond donors (Lipinski definition) is 0. The van der Waals surface area contributed by atoms with Crippen LogP contribution in [0.4, 0.5) is 10.5 Å². The third-order valence-electron chi connectivity index (χ3n) is 4.38. The molecular weight excluding hydrogens is 418 g/mol. The summed E-state index contributed by atoms with van der Waals surface area (Å²) in [5.74, 6) is 0.818. The maximum absolute atomic E-state index is 12.0. The van der Waals surface area contributed by atoms with E-state index in [2.05, 4.69) is 38.1 Å². The van der Waals surface area contributed by atoms with Crippen LogP contribution in [-0.2, 0) is 14.3 Å². The molecule has 0 N–H and O–H groups in total. The van der Waals surface area contributed by atoms with Crippen molar-refractivity contribution in [3.63, 3.8) is 0 Å². The van der Waals surface area contributed by atoms with Gasteiger partial charge in [0.05, 0.1) is 12.8 Å². The topological polar surface area (TPSA) is 72.9 Å². The smallest absolute Gasteiger partial charge is 0.414 e. The number of methoxy groups -OCH3 is 1. The van der Waals surface area contributed by atoms with E-state index in [1.54, 1.807) is 14.2 Å². The number of anilines is 1. The van der Waals surface area contributed by atoms with Crippen molar-refractivity contribution < 1.29 is 23.9 Å². The summed E-state index contributed by atoms with van der Waals surface area (Å²) in [6, 6.07) is 12.1. The van der Waals surface area contributed by atoms with Crippen LogP contribution in [0.1, 0.15) is 56.9 Å². The highest BCUT2D eigenvalue weighted by Gasteiger charge is 2.22. The Morgan fingerprint density at radius 3 is 1.58 bits per heavy atom. The summed E-state index contributed by atoms with van der Waals surface area (Å²) in [6.45, 7) is 21.7. The molecule has 0 bridgehead atoms. The maximum atomic E-state index is 12.0. The van der Waals surface area contributed by atoms with Gasteiger partial charge in [-0.3, -0.25) is 4.90 Å². The average Bonchev–Trinajstić information content (AvgIpc) is 2.80. The summed E-state index contributed by atoms with van der Waals surface area (Å²) in [4.78, 5) is 29.6. The third kappa shape index (κ3) is 13.1. The van der Waals surface area contributed by atoms with Crippen molar-refractivity contribution >= 4 is 25.4 Å². The molecule has 0 saturated heterocycles. The largest absolute Gasteiger partial charge is 0.496 e. The quantitative estimate of drug-likeness (QED) is 0.501. The summed E-state index contributed by atoms with van der Waals surface area (Å²) >= 11 is 0. The molecule has 0 fully saturated rings. The zero-order chi connectivity index (χ0) is 26.8. The normalized spacial score (nSPS) is 9.06. The van der Waals surface area contributed by atoms with E-state index in [4.69, 9.17) is 19.1 Å². The SMILES string of the molecule is C=O.C=O.CC.COc1ccc(N(C)C(=O)OC(C)(C)C)c(C)c1C.Cc1ccccc1C. The van der Waals surface area contributed by atoms with Gasteiger partial charge in [-0.05, 0) is 82.9 Å². The van der Waals surface area contributed by atoms with Crippen LogP contribution in [-0.4, -0.2) is 39.4 Å². The summed E-state index contributed by atoms with van der Waals surface area (Å²) in [6.07, 6.45) is -0.361. The first-order chi connectivity index (χ1) is 15.5. The first kappa shape index (κ1) is 34.5. The second kappa shape index (κ2) is 18.4. The summed E-state index contributed by atoms with van der Waals surface area (Å²) < 4.78 is 10.6. The summed E-state index contributed by atoms with van der Waals surface area (Å²) in [5.41, 5.74) is 5.09. The fourth-order valence-electron chi connectivity index (χ4n) is 2.46. The predicted molar refractivity (Wildman–Crippen MR) is 139 cm³/mol.